The van der Waals surface area contributed by atoms with Gasteiger partial charge in [0, 0.05) is 36.5 Å². The Morgan fingerprint density at radius 3 is 2.90 bits per heavy atom. The Morgan fingerprint density at radius 2 is 2.17 bits per heavy atom. The molecule has 30 heavy (non-hydrogen) atoms. The fourth-order valence-corrected chi connectivity index (χ4v) is 4.66. The minimum absolute atomic E-state index is 0.0718. The molecule has 1 aromatic carbocycles. The van der Waals surface area contributed by atoms with Crippen LogP contribution in [-0.2, 0) is 16.1 Å². The number of piperidine rings is 1. The topological polar surface area (TPSA) is 54.5 Å². The molecule has 2 aromatic rings. The lowest BCUT2D eigenvalue weighted by Crippen LogP contribution is -2.45. The Balaban J connectivity index is 1.50. The minimum Gasteiger partial charge on any atom is -0.368 e. The number of aromatic nitrogens is 1. The van der Waals surface area contributed by atoms with Gasteiger partial charge in [-0.2, -0.15) is 0 Å². The van der Waals surface area contributed by atoms with Crippen molar-refractivity contribution in [3.8, 4) is 0 Å². The Labute approximate surface area is 181 Å². The van der Waals surface area contributed by atoms with Gasteiger partial charge in [-0.3, -0.25) is 14.7 Å². The molecule has 2 aliphatic heterocycles. The molecule has 2 aliphatic rings. The number of hydrogen-bond donors (Lipinski definition) is 1. The molecule has 0 unspecified atom stereocenters. The third-order valence-electron chi connectivity index (χ3n) is 5.98. The highest BCUT2D eigenvalue weighted by Gasteiger charge is 2.33. The molecule has 160 valence electrons. The number of halogens is 2. The number of hydrogen-bond acceptors (Lipinski definition) is 4. The Hall–Kier alpha value is -2.02. The zero-order chi connectivity index (χ0) is 20.9. The molecule has 7 heteroatoms. The first-order valence-corrected chi connectivity index (χ1v) is 11.0. The maximum Gasteiger partial charge on any atom is 0.249 e. The SMILES string of the molecule is O=C(N[C@H](c1ccccn1)[C@H]1CCCN(Cc2c(F)cccc2Cl)C1)[C@H]1CCCO1. The summed E-state index contributed by atoms with van der Waals surface area (Å²) in [5, 5.41) is 3.65. The van der Waals surface area contributed by atoms with E-state index < -0.39 is 0 Å². The van der Waals surface area contributed by atoms with E-state index in [0.29, 0.717) is 23.7 Å². The molecule has 0 bridgehead atoms. The summed E-state index contributed by atoms with van der Waals surface area (Å²) >= 11 is 6.24. The highest BCUT2D eigenvalue weighted by Crippen LogP contribution is 2.31. The fraction of sp³-hybridized carbons (Fsp3) is 0.478. The molecule has 0 aliphatic carbocycles. The van der Waals surface area contributed by atoms with E-state index in [0.717, 1.165) is 44.5 Å². The van der Waals surface area contributed by atoms with Crippen LogP contribution in [0.4, 0.5) is 4.39 Å². The number of nitrogens with zero attached hydrogens (tertiary/aromatic N) is 2. The molecule has 1 amide bonds. The Kier molecular flexibility index (Phi) is 6.97. The maximum absolute atomic E-state index is 14.3. The van der Waals surface area contributed by atoms with E-state index in [1.165, 1.54) is 6.07 Å². The van der Waals surface area contributed by atoms with Gasteiger partial charge in [0.2, 0.25) is 5.91 Å². The first kappa shape index (κ1) is 21.2. The highest BCUT2D eigenvalue weighted by molar-refractivity contribution is 6.31. The number of ether oxygens (including phenoxy) is 1. The van der Waals surface area contributed by atoms with Crippen molar-refractivity contribution < 1.29 is 13.9 Å². The number of amides is 1. The zero-order valence-electron chi connectivity index (χ0n) is 16.9. The van der Waals surface area contributed by atoms with Crippen LogP contribution in [0.15, 0.2) is 42.6 Å². The average molecular weight is 432 g/mol. The van der Waals surface area contributed by atoms with Crippen molar-refractivity contribution in [1.82, 2.24) is 15.2 Å². The van der Waals surface area contributed by atoms with Crippen molar-refractivity contribution in [2.75, 3.05) is 19.7 Å². The van der Waals surface area contributed by atoms with E-state index in [9.17, 15) is 9.18 Å². The monoisotopic (exact) mass is 431 g/mol. The molecule has 0 spiro atoms. The first-order valence-electron chi connectivity index (χ1n) is 10.6. The third kappa shape index (κ3) is 4.99. The molecule has 1 aromatic heterocycles. The number of nitrogens with one attached hydrogen (secondary N) is 1. The fourth-order valence-electron chi connectivity index (χ4n) is 4.44. The van der Waals surface area contributed by atoms with Gasteiger partial charge in [-0.15, -0.1) is 0 Å². The van der Waals surface area contributed by atoms with Crippen LogP contribution >= 0.6 is 11.6 Å². The second kappa shape index (κ2) is 9.86. The van der Waals surface area contributed by atoms with Crippen LogP contribution in [0.2, 0.25) is 5.02 Å². The van der Waals surface area contributed by atoms with Crippen molar-refractivity contribution in [3.63, 3.8) is 0 Å². The largest absolute Gasteiger partial charge is 0.368 e. The van der Waals surface area contributed by atoms with E-state index in [-0.39, 0.29) is 29.8 Å². The zero-order valence-corrected chi connectivity index (χ0v) is 17.7. The summed E-state index contributed by atoms with van der Waals surface area (Å²) in [4.78, 5) is 19.5. The van der Waals surface area contributed by atoms with E-state index in [1.54, 1.807) is 18.3 Å². The molecule has 1 N–H and O–H groups in total. The van der Waals surface area contributed by atoms with Gasteiger partial charge in [0.15, 0.2) is 0 Å². The molecule has 2 saturated heterocycles. The summed E-state index contributed by atoms with van der Waals surface area (Å²) in [5.41, 5.74) is 1.37. The van der Waals surface area contributed by atoms with Crippen LogP contribution in [-0.4, -0.2) is 41.6 Å². The van der Waals surface area contributed by atoms with Crippen LogP contribution in [0.1, 0.15) is 43.0 Å². The third-order valence-corrected chi connectivity index (χ3v) is 6.34. The van der Waals surface area contributed by atoms with Gasteiger partial charge in [-0.1, -0.05) is 23.7 Å². The molecule has 2 fully saturated rings. The van der Waals surface area contributed by atoms with Crippen LogP contribution in [0.25, 0.3) is 0 Å². The first-order chi connectivity index (χ1) is 14.6. The summed E-state index contributed by atoms with van der Waals surface area (Å²) in [7, 11) is 0. The van der Waals surface area contributed by atoms with Gasteiger partial charge in [0.25, 0.3) is 0 Å². The molecule has 0 saturated carbocycles. The van der Waals surface area contributed by atoms with Crippen LogP contribution in [0, 0.1) is 11.7 Å². The summed E-state index contributed by atoms with van der Waals surface area (Å²) < 4.78 is 19.8. The summed E-state index contributed by atoms with van der Waals surface area (Å²) in [6.45, 7) is 2.69. The second-order valence-corrected chi connectivity index (χ2v) is 8.49. The van der Waals surface area contributed by atoms with Crippen LogP contribution < -0.4 is 5.32 Å². The molecule has 4 rings (SSSR count). The van der Waals surface area contributed by atoms with Crippen molar-refractivity contribution in [1.29, 1.82) is 0 Å². The molecule has 5 nitrogen and oxygen atoms in total. The van der Waals surface area contributed by atoms with Crippen molar-refractivity contribution >= 4 is 17.5 Å². The number of likely N-dealkylation sites (tertiary alicyclic amines) is 1. The van der Waals surface area contributed by atoms with Gasteiger partial charge in [-0.05, 0) is 62.4 Å². The quantitative estimate of drug-likeness (QED) is 0.747. The average Bonchev–Trinajstić information content (AvgIpc) is 3.31. The van der Waals surface area contributed by atoms with Gasteiger partial charge >= 0.3 is 0 Å². The van der Waals surface area contributed by atoms with E-state index >= 15 is 0 Å². The number of carbonyl (C=O) groups is 1. The lowest BCUT2D eigenvalue weighted by molar-refractivity contribution is -0.131. The standard InChI is InChI=1S/C23H27ClFN3O2/c24-18-7-3-8-19(25)17(18)15-28-12-4-6-16(14-28)22(20-9-1-2-11-26-20)27-23(29)21-10-5-13-30-21/h1-3,7-9,11,16,21-22H,4-6,10,12-15H2,(H,27,29)/t16-,21+,22-/m0/s1. The normalized spacial score (nSPS) is 23.3. The van der Waals surface area contributed by atoms with Crippen molar-refractivity contribution in [2.45, 2.75) is 44.4 Å². The lowest BCUT2D eigenvalue weighted by atomic mass is 9.88. The summed E-state index contributed by atoms with van der Waals surface area (Å²) in [6, 6.07) is 10.3. The van der Waals surface area contributed by atoms with Gasteiger partial charge in [0.1, 0.15) is 11.9 Å². The number of carbonyl (C=O) groups excluding carboxylic acids is 1. The van der Waals surface area contributed by atoms with Crippen LogP contribution in [0.5, 0.6) is 0 Å². The smallest absolute Gasteiger partial charge is 0.249 e. The molecular formula is C23H27ClFN3O2. The van der Waals surface area contributed by atoms with E-state index in [2.05, 4.69) is 15.2 Å². The number of benzene rings is 1. The van der Waals surface area contributed by atoms with Gasteiger partial charge in [0.05, 0.1) is 11.7 Å². The molecular weight excluding hydrogens is 405 g/mol. The molecule has 3 atom stereocenters. The Morgan fingerprint density at radius 1 is 1.27 bits per heavy atom. The van der Waals surface area contributed by atoms with Gasteiger partial charge < -0.3 is 10.1 Å². The Bertz CT molecular complexity index is 841. The summed E-state index contributed by atoms with van der Waals surface area (Å²) in [6.07, 6.45) is 4.97. The predicted molar refractivity (Wildman–Crippen MR) is 114 cm³/mol. The molecule has 3 heterocycles. The second-order valence-electron chi connectivity index (χ2n) is 8.08. The predicted octanol–water partition coefficient (Wildman–Crippen LogP) is 4.12. The molecule has 0 radical (unpaired) electrons. The van der Waals surface area contributed by atoms with Crippen molar-refractivity contribution in [2.24, 2.45) is 5.92 Å². The minimum atomic E-state index is -0.381. The van der Waals surface area contributed by atoms with Crippen LogP contribution in [0.3, 0.4) is 0 Å². The van der Waals surface area contributed by atoms with Crippen molar-refractivity contribution in [3.05, 3.63) is 64.7 Å². The van der Waals surface area contributed by atoms with E-state index in [1.807, 2.05) is 18.2 Å². The van der Waals surface area contributed by atoms with Gasteiger partial charge in [-0.25, -0.2) is 4.39 Å². The summed E-state index contributed by atoms with van der Waals surface area (Å²) in [5.74, 6) is -0.181. The number of rotatable bonds is 6. The van der Waals surface area contributed by atoms with E-state index in [4.69, 9.17) is 16.3 Å². The maximum atomic E-state index is 14.3. The lowest BCUT2D eigenvalue weighted by Gasteiger charge is -2.37. The number of pyridine rings is 1. The highest BCUT2D eigenvalue weighted by atomic mass is 35.5.